The number of carbonyl (C=O) groups is 1. The molecule has 0 atom stereocenters. The first-order valence-electron chi connectivity index (χ1n) is 6.71. The third-order valence-corrected chi connectivity index (χ3v) is 3.98. The van der Waals surface area contributed by atoms with Gasteiger partial charge in [0.2, 0.25) is 0 Å². The van der Waals surface area contributed by atoms with Crippen LogP contribution in [0.5, 0.6) is 0 Å². The monoisotopic (exact) mass is 296 g/mol. The van der Waals surface area contributed by atoms with Gasteiger partial charge in [-0.3, -0.25) is 4.79 Å². The maximum atomic E-state index is 12.1. The van der Waals surface area contributed by atoms with Crippen molar-refractivity contribution in [1.29, 1.82) is 5.26 Å². The molecular formula is C17H16N2OS. The van der Waals surface area contributed by atoms with Crippen LogP contribution in [0, 0.1) is 18.3 Å². The van der Waals surface area contributed by atoms with E-state index >= 15 is 0 Å². The molecule has 2 rings (SSSR count). The number of rotatable bonds is 4. The van der Waals surface area contributed by atoms with Crippen LogP contribution in [0.4, 0.5) is 5.69 Å². The second-order valence-electron chi connectivity index (χ2n) is 4.62. The molecule has 3 nitrogen and oxygen atoms in total. The summed E-state index contributed by atoms with van der Waals surface area (Å²) in [6.07, 6.45) is 2.57. The summed E-state index contributed by atoms with van der Waals surface area (Å²) in [6.45, 7) is 4.07. The van der Waals surface area contributed by atoms with Crippen molar-refractivity contribution < 1.29 is 4.79 Å². The highest BCUT2D eigenvalue weighted by Gasteiger charge is 2.10. The lowest BCUT2D eigenvalue weighted by atomic mass is 10.1. The van der Waals surface area contributed by atoms with Crippen molar-refractivity contribution in [3.63, 3.8) is 0 Å². The van der Waals surface area contributed by atoms with Gasteiger partial charge in [0.25, 0.3) is 5.91 Å². The Morgan fingerprint density at radius 2 is 2.00 bits per heavy atom. The molecule has 106 valence electrons. The van der Waals surface area contributed by atoms with Gasteiger partial charge >= 0.3 is 0 Å². The number of nitrogens with one attached hydrogen (secondary N) is 1. The summed E-state index contributed by atoms with van der Waals surface area (Å²) in [7, 11) is 0. The Balaban J connectivity index is 2.13. The third kappa shape index (κ3) is 4.04. The van der Waals surface area contributed by atoms with Crippen LogP contribution in [-0.4, -0.2) is 5.91 Å². The van der Waals surface area contributed by atoms with Gasteiger partial charge in [-0.05, 0) is 49.2 Å². The number of amides is 1. The first kappa shape index (κ1) is 15.0. The Kier molecular flexibility index (Phi) is 4.91. The van der Waals surface area contributed by atoms with Crippen molar-refractivity contribution in [3.05, 3.63) is 57.3 Å². The van der Waals surface area contributed by atoms with Gasteiger partial charge in [-0.15, -0.1) is 11.3 Å². The molecule has 0 aliphatic rings. The fourth-order valence-electron chi connectivity index (χ4n) is 1.84. The Morgan fingerprint density at radius 3 is 2.52 bits per heavy atom. The van der Waals surface area contributed by atoms with E-state index in [1.54, 1.807) is 17.4 Å². The van der Waals surface area contributed by atoms with Gasteiger partial charge in [0.15, 0.2) is 0 Å². The molecule has 0 aliphatic carbocycles. The highest BCUT2D eigenvalue weighted by molar-refractivity contribution is 7.12. The fourth-order valence-corrected chi connectivity index (χ4v) is 2.66. The Bertz CT molecular complexity index is 705. The van der Waals surface area contributed by atoms with E-state index in [4.69, 9.17) is 5.26 Å². The Hall–Kier alpha value is -2.38. The van der Waals surface area contributed by atoms with Gasteiger partial charge in [0.1, 0.15) is 11.6 Å². The summed E-state index contributed by atoms with van der Waals surface area (Å²) in [5.41, 5.74) is 2.01. The summed E-state index contributed by atoms with van der Waals surface area (Å²) in [5, 5.41) is 11.9. The predicted octanol–water partition coefficient (Wildman–Crippen LogP) is 4.16. The van der Waals surface area contributed by atoms with Crippen molar-refractivity contribution in [2.75, 3.05) is 5.32 Å². The van der Waals surface area contributed by atoms with Gasteiger partial charge in [-0.2, -0.15) is 5.26 Å². The lowest BCUT2D eigenvalue weighted by Crippen LogP contribution is -2.13. The second kappa shape index (κ2) is 6.87. The largest absolute Gasteiger partial charge is 0.321 e. The number of nitriles is 1. The SMILES string of the molecule is CCc1ccc(NC(=O)C(C#N)=Cc2ccc(C)s2)cc1. The molecule has 0 fully saturated rings. The molecule has 0 bridgehead atoms. The second-order valence-corrected chi connectivity index (χ2v) is 5.94. The van der Waals surface area contributed by atoms with E-state index in [9.17, 15) is 4.79 Å². The van der Waals surface area contributed by atoms with Gasteiger partial charge in [-0.25, -0.2) is 0 Å². The quantitative estimate of drug-likeness (QED) is 0.680. The zero-order chi connectivity index (χ0) is 15.2. The number of anilines is 1. The first-order chi connectivity index (χ1) is 10.1. The van der Waals surface area contributed by atoms with E-state index in [1.807, 2.05) is 49.4 Å². The molecule has 0 unspecified atom stereocenters. The molecule has 1 aromatic carbocycles. The van der Waals surface area contributed by atoms with E-state index in [1.165, 1.54) is 5.56 Å². The lowest BCUT2D eigenvalue weighted by molar-refractivity contribution is -0.112. The van der Waals surface area contributed by atoms with Gasteiger partial charge in [0.05, 0.1) is 0 Å². The van der Waals surface area contributed by atoms with E-state index in [2.05, 4.69) is 12.2 Å². The maximum Gasteiger partial charge on any atom is 0.266 e. The van der Waals surface area contributed by atoms with Crippen LogP contribution in [0.1, 0.15) is 22.2 Å². The number of aryl methyl sites for hydroxylation is 2. The van der Waals surface area contributed by atoms with E-state index in [0.29, 0.717) is 5.69 Å². The summed E-state index contributed by atoms with van der Waals surface area (Å²) in [5.74, 6) is -0.382. The topological polar surface area (TPSA) is 52.9 Å². The number of hydrogen-bond donors (Lipinski definition) is 1. The van der Waals surface area contributed by atoms with Crippen LogP contribution < -0.4 is 5.32 Å². The molecule has 0 spiro atoms. The van der Waals surface area contributed by atoms with Gasteiger partial charge < -0.3 is 5.32 Å². The molecule has 1 N–H and O–H groups in total. The summed E-state index contributed by atoms with van der Waals surface area (Å²) in [4.78, 5) is 14.2. The maximum absolute atomic E-state index is 12.1. The van der Waals surface area contributed by atoms with Crippen LogP contribution in [0.25, 0.3) is 6.08 Å². The molecule has 1 amide bonds. The number of benzene rings is 1. The molecule has 2 aromatic rings. The van der Waals surface area contributed by atoms with Crippen molar-refractivity contribution in [3.8, 4) is 6.07 Å². The highest BCUT2D eigenvalue weighted by atomic mass is 32.1. The molecule has 1 heterocycles. The van der Waals surface area contributed by atoms with E-state index in [0.717, 1.165) is 16.2 Å². The van der Waals surface area contributed by atoms with Crippen LogP contribution >= 0.6 is 11.3 Å². The zero-order valence-electron chi connectivity index (χ0n) is 12.0. The molecule has 4 heteroatoms. The van der Waals surface area contributed by atoms with Crippen molar-refractivity contribution in [2.45, 2.75) is 20.3 Å². The van der Waals surface area contributed by atoms with Gasteiger partial charge in [-0.1, -0.05) is 19.1 Å². The van der Waals surface area contributed by atoms with Gasteiger partial charge in [0, 0.05) is 15.4 Å². The number of carbonyl (C=O) groups excluding carboxylic acids is 1. The molecule has 0 aliphatic heterocycles. The van der Waals surface area contributed by atoms with Crippen LogP contribution in [0.15, 0.2) is 42.0 Å². The molecule has 21 heavy (non-hydrogen) atoms. The molecule has 0 radical (unpaired) electrons. The van der Waals surface area contributed by atoms with Crippen molar-refractivity contribution in [1.82, 2.24) is 0 Å². The Labute approximate surface area is 128 Å². The van der Waals surface area contributed by atoms with Crippen molar-refractivity contribution in [2.24, 2.45) is 0 Å². The molecule has 0 saturated heterocycles. The van der Waals surface area contributed by atoms with Crippen molar-refractivity contribution >= 4 is 29.0 Å². The number of nitrogens with zero attached hydrogens (tertiary/aromatic N) is 1. The predicted molar refractivity (Wildman–Crippen MR) is 87.1 cm³/mol. The normalized spacial score (nSPS) is 11.0. The van der Waals surface area contributed by atoms with Crippen LogP contribution in [0.2, 0.25) is 0 Å². The number of hydrogen-bond acceptors (Lipinski definition) is 3. The average Bonchev–Trinajstić information content (AvgIpc) is 2.90. The highest BCUT2D eigenvalue weighted by Crippen LogP contribution is 2.19. The molecule has 1 aromatic heterocycles. The van der Waals surface area contributed by atoms with Crippen LogP contribution in [0.3, 0.4) is 0 Å². The standard InChI is InChI=1S/C17H16N2OS/c1-3-13-5-7-15(8-6-13)19-17(20)14(11-18)10-16-9-4-12(2)21-16/h4-10H,3H2,1-2H3,(H,19,20). The minimum atomic E-state index is -0.382. The minimum Gasteiger partial charge on any atom is -0.321 e. The first-order valence-corrected chi connectivity index (χ1v) is 7.52. The zero-order valence-corrected chi connectivity index (χ0v) is 12.8. The fraction of sp³-hybridized carbons (Fsp3) is 0.176. The van der Waals surface area contributed by atoms with Crippen LogP contribution in [-0.2, 0) is 11.2 Å². The summed E-state index contributed by atoms with van der Waals surface area (Å²) < 4.78 is 0. The third-order valence-electron chi connectivity index (χ3n) is 3.03. The summed E-state index contributed by atoms with van der Waals surface area (Å²) in [6, 6.07) is 13.5. The minimum absolute atomic E-state index is 0.108. The Morgan fingerprint density at radius 1 is 1.29 bits per heavy atom. The average molecular weight is 296 g/mol. The van der Waals surface area contributed by atoms with E-state index in [-0.39, 0.29) is 11.5 Å². The molecule has 0 saturated carbocycles. The van der Waals surface area contributed by atoms with E-state index < -0.39 is 0 Å². The molecular weight excluding hydrogens is 280 g/mol. The lowest BCUT2D eigenvalue weighted by Gasteiger charge is -2.05. The summed E-state index contributed by atoms with van der Waals surface area (Å²) >= 11 is 1.55. The number of thiophene rings is 1. The smallest absolute Gasteiger partial charge is 0.266 e.